The fraction of sp³-hybridized carbons (Fsp3) is 0.105. The van der Waals surface area contributed by atoms with E-state index < -0.39 is 17.6 Å². The van der Waals surface area contributed by atoms with Crippen molar-refractivity contribution in [2.45, 2.75) is 13.1 Å². The topological polar surface area (TPSA) is 66.9 Å². The smallest absolute Gasteiger partial charge is 0.339 e. The van der Waals surface area contributed by atoms with Crippen LogP contribution in [0.15, 0.2) is 60.7 Å². The van der Waals surface area contributed by atoms with Crippen molar-refractivity contribution in [1.29, 1.82) is 0 Å². The zero-order valence-electron chi connectivity index (χ0n) is 14.2. The number of anilines is 3. The molecule has 3 aromatic rings. The summed E-state index contributed by atoms with van der Waals surface area (Å²) in [7, 11) is 0. The SMILES string of the molecule is Cc1ccc(Nc2ccc(NC(=O)c3cccc(C(F)(F)F)c3)cc2)nn1. The number of hydrogen-bond acceptors (Lipinski definition) is 4. The van der Waals surface area contributed by atoms with Gasteiger partial charge in [0.15, 0.2) is 5.82 Å². The Balaban J connectivity index is 1.67. The second kappa shape index (κ2) is 7.45. The molecule has 0 saturated carbocycles. The summed E-state index contributed by atoms with van der Waals surface area (Å²) in [5.74, 6) is -0.0486. The van der Waals surface area contributed by atoms with Crippen LogP contribution in [-0.2, 0) is 6.18 Å². The Morgan fingerprint density at radius 3 is 2.26 bits per heavy atom. The van der Waals surface area contributed by atoms with Gasteiger partial charge in [-0.05, 0) is 61.5 Å². The molecule has 1 aromatic heterocycles. The van der Waals surface area contributed by atoms with E-state index in [1.54, 1.807) is 30.3 Å². The van der Waals surface area contributed by atoms with E-state index in [2.05, 4.69) is 20.8 Å². The van der Waals surface area contributed by atoms with Gasteiger partial charge in [-0.25, -0.2) is 0 Å². The molecule has 0 aliphatic rings. The second-order valence-electron chi connectivity index (χ2n) is 5.79. The summed E-state index contributed by atoms with van der Waals surface area (Å²) in [4.78, 5) is 12.2. The van der Waals surface area contributed by atoms with E-state index in [1.165, 1.54) is 12.1 Å². The first-order valence-corrected chi connectivity index (χ1v) is 7.97. The van der Waals surface area contributed by atoms with Gasteiger partial charge in [0.05, 0.1) is 11.3 Å². The van der Waals surface area contributed by atoms with Gasteiger partial charge >= 0.3 is 6.18 Å². The number of aromatic nitrogens is 2. The van der Waals surface area contributed by atoms with Gasteiger partial charge in [-0.3, -0.25) is 4.79 Å². The Hall–Kier alpha value is -3.42. The van der Waals surface area contributed by atoms with Crippen LogP contribution in [0.2, 0.25) is 0 Å². The zero-order chi connectivity index (χ0) is 19.4. The number of amides is 1. The first kappa shape index (κ1) is 18.4. The van der Waals surface area contributed by atoms with Crippen LogP contribution < -0.4 is 10.6 Å². The van der Waals surface area contributed by atoms with Crippen molar-refractivity contribution < 1.29 is 18.0 Å². The number of hydrogen-bond donors (Lipinski definition) is 2. The Morgan fingerprint density at radius 2 is 1.63 bits per heavy atom. The standard InChI is InChI=1S/C19H15F3N4O/c1-12-5-10-17(26-25-12)23-15-6-8-16(9-7-15)24-18(27)13-3-2-4-14(11-13)19(20,21)22/h2-11H,1H3,(H,23,26)(H,24,27). The molecule has 0 spiro atoms. The lowest BCUT2D eigenvalue weighted by atomic mass is 10.1. The molecule has 138 valence electrons. The van der Waals surface area contributed by atoms with Gasteiger partial charge in [-0.15, -0.1) is 5.10 Å². The summed E-state index contributed by atoms with van der Waals surface area (Å²) in [6.45, 7) is 1.83. The van der Waals surface area contributed by atoms with Crippen LogP contribution in [0.4, 0.5) is 30.4 Å². The number of nitrogens with one attached hydrogen (secondary N) is 2. The largest absolute Gasteiger partial charge is 0.416 e. The molecule has 0 radical (unpaired) electrons. The number of halogens is 3. The molecule has 2 N–H and O–H groups in total. The van der Waals surface area contributed by atoms with E-state index in [1.807, 2.05) is 13.0 Å². The van der Waals surface area contributed by atoms with Crippen molar-refractivity contribution in [3.05, 3.63) is 77.5 Å². The van der Waals surface area contributed by atoms with E-state index in [-0.39, 0.29) is 5.56 Å². The highest BCUT2D eigenvalue weighted by Crippen LogP contribution is 2.29. The lowest BCUT2D eigenvalue weighted by Gasteiger charge is -2.10. The Labute approximate surface area is 153 Å². The van der Waals surface area contributed by atoms with Crippen LogP contribution in [0.1, 0.15) is 21.6 Å². The third-order valence-electron chi connectivity index (χ3n) is 3.67. The molecule has 0 aliphatic carbocycles. The Kier molecular flexibility index (Phi) is 5.07. The molecule has 8 heteroatoms. The molecule has 1 amide bonds. The number of rotatable bonds is 4. The molecule has 0 aliphatic heterocycles. The zero-order valence-corrected chi connectivity index (χ0v) is 14.2. The molecule has 2 aromatic carbocycles. The molecule has 27 heavy (non-hydrogen) atoms. The number of carbonyl (C=O) groups is 1. The number of benzene rings is 2. The Bertz CT molecular complexity index is 938. The van der Waals surface area contributed by atoms with Crippen molar-refractivity contribution in [3.63, 3.8) is 0 Å². The van der Waals surface area contributed by atoms with E-state index in [0.717, 1.165) is 23.5 Å². The van der Waals surface area contributed by atoms with Crippen molar-refractivity contribution in [2.24, 2.45) is 0 Å². The second-order valence-corrected chi connectivity index (χ2v) is 5.79. The van der Waals surface area contributed by atoms with Gasteiger partial charge in [0.1, 0.15) is 0 Å². The van der Waals surface area contributed by atoms with Crippen molar-refractivity contribution in [2.75, 3.05) is 10.6 Å². The van der Waals surface area contributed by atoms with E-state index in [4.69, 9.17) is 0 Å². The van der Waals surface area contributed by atoms with Crippen molar-refractivity contribution in [3.8, 4) is 0 Å². The molecule has 0 atom stereocenters. The third-order valence-corrected chi connectivity index (χ3v) is 3.67. The van der Waals surface area contributed by atoms with Gasteiger partial charge in [0, 0.05) is 16.9 Å². The lowest BCUT2D eigenvalue weighted by molar-refractivity contribution is -0.137. The van der Waals surface area contributed by atoms with Crippen LogP contribution in [-0.4, -0.2) is 16.1 Å². The molecule has 0 saturated heterocycles. The van der Waals surface area contributed by atoms with E-state index in [9.17, 15) is 18.0 Å². The quantitative estimate of drug-likeness (QED) is 0.690. The van der Waals surface area contributed by atoms with Gasteiger partial charge in [0.25, 0.3) is 5.91 Å². The molecular weight excluding hydrogens is 357 g/mol. The van der Waals surface area contributed by atoms with Crippen LogP contribution in [0.3, 0.4) is 0 Å². The monoisotopic (exact) mass is 372 g/mol. The Morgan fingerprint density at radius 1 is 0.926 bits per heavy atom. The highest BCUT2D eigenvalue weighted by Gasteiger charge is 2.30. The molecule has 0 bridgehead atoms. The summed E-state index contributed by atoms with van der Waals surface area (Å²) in [6.07, 6.45) is -4.50. The summed E-state index contributed by atoms with van der Waals surface area (Å²) >= 11 is 0. The predicted molar refractivity (Wildman–Crippen MR) is 95.9 cm³/mol. The number of aryl methyl sites for hydroxylation is 1. The van der Waals surface area contributed by atoms with Crippen molar-refractivity contribution >= 4 is 23.1 Å². The molecule has 0 unspecified atom stereocenters. The molecule has 5 nitrogen and oxygen atoms in total. The molecular formula is C19H15F3N4O. The van der Waals surface area contributed by atoms with Crippen LogP contribution >= 0.6 is 0 Å². The average Bonchev–Trinajstić information content (AvgIpc) is 2.64. The van der Waals surface area contributed by atoms with Crippen LogP contribution in [0.5, 0.6) is 0 Å². The maximum absolute atomic E-state index is 12.8. The molecule has 0 fully saturated rings. The fourth-order valence-corrected chi connectivity index (χ4v) is 2.29. The fourth-order valence-electron chi connectivity index (χ4n) is 2.29. The van der Waals surface area contributed by atoms with Crippen LogP contribution in [0, 0.1) is 6.92 Å². The first-order chi connectivity index (χ1) is 12.8. The molecule has 1 heterocycles. The van der Waals surface area contributed by atoms with Gasteiger partial charge in [-0.1, -0.05) is 6.07 Å². The minimum absolute atomic E-state index is 0.0676. The van der Waals surface area contributed by atoms with Gasteiger partial charge < -0.3 is 10.6 Å². The maximum Gasteiger partial charge on any atom is 0.416 e. The maximum atomic E-state index is 12.8. The number of carbonyl (C=O) groups excluding carboxylic acids is 1. The normalized spacial score (nSPS) is 11.1. The summed E-state index contributed by atoms with van der Waals surface area (Å²) < 4.78 is 38.3. The van der Waals surface area contributed by atoms with Crippen molar-refractivity contribution in [1.82, 2.24) is 10.2 Å². The van der Waals surface area contributed by atoms with E-state index in [0.29, 0.717) is 11.5 Å². The van der Waals surface area contributed by atoms with Gasteiger partial charge in [-0.2, -0.15) is 18.3 Å². The molecule has 3 rings (SSSR count). The third kappa shape index (κ3) is 4.81. The minimum atomic E-state index is -4.50. The summed E-state index contributed by atoms with van der Waals surface area (Å²) in [6, 6.07) is 14.6. The highest BCUT2D eigenvalue weighted by atomic mass is 19.4. The number of alkyl halides is 3. The van der Waals surface area contributed by atoms with Gasteiger partial charge in [0.2, 0.25) is 0 Å². The highest BCUT2D eigenvalue weighted by molar-refractivity contribution is 6.04. The first-order valence-electron chi connectivity index (χ1n) is 7.97. The number of nitrogens with zero attached hydrogens (tertiary/aromatic N) is 2. The van der Waals surface area contributed by atoms with E-state index >= 15 is 0 Å². The average molecular weight is 372 g/mol. The van der Waals surface area contributed by atoms with Crippen LogP contribution in [0.25, 0.3) is 0 Å². The minimum Gasteiger partial charge on any atom is -0.339 e. The predicted octanol–water partition coefficient (Wildman–Crippen LogP) is 4.80. The summed E-state index contributed by atoms with van der Waals surface area (Å²) in [5, 5.41) is 13.6. The lowest BCUT2D eigenvalue weighted by Crippen LogP contribution is -2.13. The summed E-state index contributed by atoms with van der Waals surface area (Å²) in [5.41, 5.74) is 1.05.